The van der Waals surface area contributed by atoms with Crippen molar-refractivity contribution in [1.29, 1.82) is 0 Å². The highest BCUT2D eigenvalue weighted by Gasteiger charge is 2.18. The van der Waals surface area contributed by atoms with Crippen molar-refractivity contribution in [3.63, 3.8) is 0 Å². The first-order valence-electron chi connectivity index (χ1n) is 6.93. The monoisotopic (exact) mass is 353 g/mol. The fraction of sp³-hybridized carbons (Fsp3) is 0.333. The Labute approximate surface area is 144 Å². The largest absolute Gasteiger partial charge is 0.444 e. The molecule has 1 aliphatic heterocycles. The third kappa shape index (κ3) is 4.84. The molecule has 1 aliphatic rings. The lowest BCUT2D eigenvalue weighted by molar-refractivity contribution is -0.125. The van der Waals surface area contributed by atoms with E-state index in [0.717, 1.165) is 10.5 Å². The topological polar surface area (TPSA) is 61.9 Å². The van der Waals surface area contributed by atoms with Crippen LogP contribution in [0.5, 0.6) is 0 Å². The molecule has 0 saturated carbocycles. The summed E-state index contributed by atoms with van der Waals surface area (Å²) < 4.78 is 1.41. The van der Waals surface area contributed by atoms with Gasteiger partial charge in [-0.15, -0.1) is 0 Å². The van der Waals surface area contributed by atoms with Gasteiger partial charge < -0.3 is 9.74 Å². The summed E-state index contributed by atoms with van der Waals surface area (Å²) in [6.45, 7) is 4.03. The smallest absolute Gasteiger partial charge is 0.323 e. The Morgan fingerprint density at radius 2 is 2.17 bits per heavy atom. The lowest BCUT2D eigenvalue weighted by Gasteiger charge is -2.22. The van der Waals surface area contributed by atoms with Crippen LogP contribution in [-0.2, 0) is 9.63 Å². The van der Waals surface area contributed by atoms with Crippen molar-refractivity contribution in [2.45, 2.75) is 18.7 Å². The third-order valence-corrected chi connectivity index (χ3v) is 5.09. The second-order valence-corrected chi connectivity index (χ2v) is 7.30. The second kappa shape index (κ2) is 7.65. The molecule has 2 rings (SSSR count). The van der Waals surface area contributed by atoms with E-state index in [9.17, 15) is 9.59 Å². The second-order valence-electron chi connectivity index (χ2n) is 5.11. The lowest BCUT2D eigenvalue weighted by atomic mass is 10.2. The quantitative estimate of drug-likeness (QED) is 0.663. The zero-order valence-corrected chi connectivity index (χ0v) is 15.1. The molecule has 0 fully saturated rings. The molecule has 8 heteroatoms. The maximum atomic E-state index is 12.0. The Kier molecular flexibility index (Phi) is 5.84. The Morgan fingerprint density at radius 1 is 1.43 bits per heavy atom. The Bertz CT molecular complexity index is 649. The molecule has 1 heterocycles. The summed E-state index contributed by atoms with van der Waals surface area (Å²) in [5.74, 6) is 0.328. The maximum Gasteiger partial charge on any atom is 0.444 e. The van der Waals surface area contributed by atoms with Crippen LogP contribution in [0.2, 0.25) is 0 Å². The van der Waals surface area contributed by atoms with Gasteiger partial charge in [-0.3, -0.25) is 4.79 Å². The van der Waals surface area contributed by atoms with E-state index in [2.05, 4.69) is 11.5 Å². The van der Waals surface area contributed by atoms with Crippen LogP contribution >= 0.6 is 23.7 Å². The van der Waals surface area contributed by atoms with Gasteiger partial charge in [-0.2, -0.15) is 0 Å². The van der Waals surface area contributed by atoms with Gasteiger partial charge >= 0.3 is 6.09 Å². The van der Waals surface area contributed by atoms with Crippen molar-refractivity contribution in [2.75, 3.05) is 19.8 Å². The highest BCUT2D eigenvalue weighted by Crippen LogP contribution is 2.26. The van der Waals surface area contributed by atoms with E-state index in [1.54, 1.807) is 20.3 Å². The van der Waals surface area contributed by atoms with E-state index in [1.165, 1.54) is 38.5 Å². The van der Waals surface area contributed by atoms with Gasteiger partial charge in [0.15, 0.2) is 0 Å². The number of hydrogen-bond acceptors (Lipinski definition) is 6. The Balaban J connectivity index is 1.88. The Hall–Kier alpha value is -1.80. The number of carbonyl (C=O) groups is 2. The number of hydrogen-bond donors (Lipinski definition) is 1. The standard InChI is InChI=1S/C15H19N3O3S2/c1-10-5-6-12(11(2)7-10)23-18(4)15(20)21-16-13-8-17(3)14(19)9-22-13/h5-8,16H,9H2,1-4H3. The number of rotatable bonds is 4. The molecule has 0 atom stereocenters. The summed E-state index contributed by atoms with van der Waals surface area (Å²) in [5, 5.41) is 0.616. The van der Waals surface area contributed by atoms with Gasteiger partial charge in [0.2, 0.25) is 5.91 Å². The molecule has 1 aromatic carbocycles. The minimum absolute atomic E-state index is 0.00870. The van der Waals surface area contributed by atoms with Crippen LogP contribution in [0, 0.1) is 13.8 Å². The van der Waals surface area contributed by atoms with Crippen molar-refractivity contribution in [1.82, 2.24) is 14.7 Å². The molecule has 1 aromatic rings. The molecule has 6 nitrogen and oxygen atoms in total. The number of aryl methyl sites for hydroxylation is 2. The van der Waals surface area contributed by atoms with Crippen LogP contribution in [0.1, 0.15) is 11.1 Å². The molecule has 0 aromatic heterocycles. The predicted octanol–water partition coefficient (Wildman–Crippen LogP) is 2.89. The van der Waals surface area contributed by atoms with Gasteiger partial charge in [0.05, 0.1) is 5.75 Å². The number of benzene rings is 1. The number of carbonyl (C=O) groups excluding carboxylic acids is 2. The minimum Gasteiger partial charge on any atom is -0.323 e. The normalized spacial score (nSPS) is 14.3. The van der Waals surface area contributed by atoms with Gasteiger partial charge in [0.25, 0.3) is 0 Å². The van der Waals surface area contributed by atoms with E-state index in [1.807, 2.05) is 26.0 Å². The third-order valence-electron chi connectivity index (χ3n) is 3.12. The van der Waals surface area contributed by atoms with Crippen molar-refractivity contribution >= 4 is 35.7 Å². The molecule has 0 radical (unpaired) electrons. The van der Waals surface area contributed by atoms with Gasteiger partial charge in [0, 0.05) is 25.2 Å². The first-order valence-corrected chi connectivity index (χ1v) is 8.69. The van der Waals surface area contributed by atoms with Gasteiger partial charge in [-0.05, 0) is 37.4 Å². The van der Waals surface area contributed by atoms with E-state index in [4.69, 9.17) is 4.84 Å². The average Bonchev–Trinajstić information content (AvgIpc) is 2.50. The van der Waals surface area contributed by atoms with Gasteiger partial charge in [0.1, 0.15) is 5.03 Å². The van der Waals surface area contributed by atoms with Crippen LogP contribution in [-0.4, -0.2) is 41.1 Å². The van der Waals surface area contributed by atoms with Gasteiger partial charge in [-0.1, -0.05) is 29.5 Å². The molecule has 0 bridgehead atoms. The van der Waals surface area contributed by atoms with Crippen molar-refractivity contribution in [3.05, 3.63) is 40.6 Å². The fourth-order valence-electron chi connectivity index (χ4n) is 1.83. The molecule has 0 unspecified atom stereocenters. The van der Waals surface area contributed by atoms with Crippen LogP contribution in [0.3, 0.4) is 0 Å². The number of thioether (sulfide) groups is 1. The van der Waals surface area contributed by atoms with Crippen LogP contribution in [0.4, 0.5) is 4.79 Å². The first-order chi connectivity index (χ1) is 10.9. The first kappa shape index (κ1) is 17.6. The number of nitrogens with zero attached hydrogens (tertiary/aromatic N) is 2. The summed E-state index contributed by atoms with van der Waals surface area (Å²) in [7, 11) is 3.31. The fourth-order valence-corrected chi connectivity index (χ4v) is 3.38. The van der Waals surface area contributed by atoms with Crippen molar-refractivity contribution in [2.24, 2.45) is 0 Å². The van der Waals surface area contributed by atoms with Crippen molar-refractivity contribution < 1.29 is 14.4 Å². The number of hydroxylamine groups is 1. The van der Waals surface area contributed by atoms with E-state index >= 15 is 0 Å². The van der Waals surface area contributed by atoms with E-state index in [0.29, 0.717) is 10.8 Å². The highest BCUT2D eigenvalue weighted by molar-refractivity contribution is 8.03. The lowest BCUT2D eigenvalue weighted by Crippen LogP contribution is -2.32. The molecule has 1 N–H and O–H groups in total. The Morgan fingerprint density at radius 3 is 2.83 bits per heavy atom. The minimum atomic E-state index is -0.518. The van der Waals surface area contributed by atoms with E-state index in [-0.39, 0.29) is 5.91 Å². The average molecular weight is 353 g/mol. The SMILES string of the molecule is Cc1ccc(SN(C)C(=O)ONC2=CN(C)C(=O)CS2)c(C)c1. The summed E-state index contributed by atoms with van der Waals surface area (Å²) >= 11 is 2.60. The number of amides is 2. The van der Waals surface area contributed by atoms with Crippen LogP contribution < -0.4 is 5.48 Å². The summed E-state index contributed by atoms with van der Waals surface area (Å²) in [6, 6.07) is 6.05. The summed E-state index contributed by atoms with van der Waals surface area (Å²) in [5.41, 5.74) is 4.87. The predicted molar refractivity (Wildman–Crippen MR) is 92.5 cm³/mol. The molecule has 124 valence electrons. The molecule has 0 aliphatic carbocycles. The van der Waals surface area contributed by atoms with Crippen LogP contribution in [0.15, 0.2) is 34.3 Å². The zero-order valence-electron chi connectivity index (χ0n) is 13.5. The van der Waals surface area contributed by atoms with E-state index < -0.39 is 6.09 Å². The molecule has 23 heavy (non-hydrogen) atoms. The summed E-state index contributed by atoms with van der Waals surface area (Å²) in [6.07, 6.45) is 1.08. The molecular weight excluding hydrogens is 334 g/mol. The number of nitrogens with one attached hydrogen (secondary N) is 1. The molecule has 2 amide bonds. The highest BCUT2D eigenvalue weighted by atomic mass is 32.2. The maximum absolute atomic E-state index is 12.0. The molecular formula is C15H19N3O3S2. The van der Waals surface area contributed by atoms with Crippen LogP contribution in [0.25, 0.3) is 0 Å². The molecule has 0 spiro atoms. The van der Waals surface area contributed by atoms with Crippen molar-refractivity contribution in [3.8, 4) is 0 Å². The zero-order chi connectivity index (χ0) is 17.0. The van der Waals surface area contributed by atoms with Gasteiger partial charge in [-0.25, -0.2) is 14.6 Å². The molecule has 0 saturated heterocycles. The summed E-state index contributed by atoms with van der Waals surface area (Å²) in [4.78, 5) is 30.9.